The first kappa shape index (κ1) is 14.4. The van der Waals surface area contributed by atoms with Crippen LogP contribution >= 0.6 is 34.5 Å². The quantitative estimate of drug-likeness (QED) is 0.585. The van der Waals surface area contributed by atoms with E-state index in [1.54, 1.807) is 12.1 Å². The van der Waals surface area contributed by atoms with Crippen molar-refractivity contribution >= 4 is 50.6 Å². The second-order valence-corrected chi connectivity index (χ2v) is 6.31. The summed E-state index contributed by atoms with van der Waals surface area (Å²) in [6, 6.07) is 14.9. The molecule has 106 valence electrons. The monoisotopic (exact) mass is 336 g/mol. The lowest BCUT2D eigenvalue weighted by Gasteiger charge is -2.03. The van der Waals surface area contributed by atoms with Crippen LogP contribution < -0.4 is 0 Å². The molecule has 21 heavy (non-hydrogen) atoms. The zero-order valence-corrected chi connectivity index (χ0v) is 13.1. The van der Waals surface area contributed by atoms with Gasteiger partial charge in [0.25, 0.3) is 0 Å². The number of carbonyl (C=O) groups is 1. The lowest BCUT2D eigenvalue weighted by molar-refractivity contribution is 0.0479. The number of benzene rings is 2. The normalized spacial score (nSPS) is 10.8. The molecule has 0 aliphatic heterocycles. The highest BCUT2D eigenvalue weighted by Gasteiger charge is 2.18. The lowest BCUT2D eigenvalue weighted by atomic mass is 10.2. The molecule has 5 heteroatoms. The molecule has 0 saturated carbocycles. The number of hydrogen-bond donors (Lipinski definition) is 0. The number of carbonyl (C=O) groups excluding carboxylic acids is 1. The van der Waals surface area contributed by atoms with Crippen LogP contribution in [0.15, 0.2) is 48.5 Å². The Balaban J connectivity index is 1.83. The van der Waals surface area contributed by atoms with E-state index in [0.717, 1.165) is 15.6 Å². The Kier molecular flexibility index (Phi) is 4.15. The van der Waals surface area contributed by atoms with Gasteiger partial charge >= 0.3 is 5.97 Å². The molecule has 0 bridgehead atoms. The molecule has 0 saturated heterocycles. The molecule has 0 radical (unpaired) electrons. The van der Waals surface area contributed by atoms with E-state index in [9.17, 15) is 4.79 Å². The van der Waals surface area contributed by atoms with Gasteiger partial charge in [-0.2, -0.15) is 0 Å². The smallest absolute Gasteiger partial charge is 0.350 e. The predicted octanol–water partition coefficient (Wildman–Crippen LogP) is 5.57. The maximum atomic E-state index is 12.2. The van der Waals surface area contributed by atoms with Crippen molar-refractivity contribution < 1.29 is 9.53 Å². The Hall–Kier alpha value is -1.55. The fourth-order valence-electron chi connectivity index (χ4n) is 1.96. The Morgan fingerprint density at radius 1 is 1.10 bits per heavy atom. The molecule has 2 nitrogen and oxygen atoms in total. The summed E-state index contributed by atoms with van der Waals surface area (Å²) < 4.78 is 6.18. The molecule has 1 aromatic heterocycles. The molecular formula is C16H10Cl2O2S. The van der Waals surface area contributed by atoms with Crippen molar-refractivity contribution in [1.29, 1.82) is 0 Å². The second-order valence-electron chi connectivity index (χ2n) is 4.45. The van der Waals surface area contributed by atoms with Gasteiger partial charge in [-0.25, -0.2) is 4.79 Å². The van der Waals surface area contributed by atoms with E-state index >= 15 is 0 Å². The first-order chi connectivity index (χ1) is 10.1. The number of rotatable bonds is 3. The van der Waals surface area contributed by atoms with Crippen LogP contribution in [0.5, 0.6) is 0 Å². The lowest BCUT2D eigenvalue weighted by Crippen LogP contribution is -2.03. The van der Waals surface area contributed by atoms with Crippen molar-refractivity contribution in [1.82, 2.24) is 0 Å². The number of thiophene rings is 1. The molecule has 2 aromatic carbocycles. The van der Waals surface area contributed by atoms with E-state index in [1.165, 1.54) is 11.3 Å². The van der Waals surface area contributed by atoms with Gasteiger partial charge in [0.05, 0.1) is 5.02 Å². The summed E-state index contributed by atoms with van der Waals surface area (Å²) in [6.45, 7) is 0.227. The van der Waals surface area contributed by atoms with Crippen LogP contribution in [0.1, 0.15) is 15.2 Å². The third-order valence-electron chi connectivity index (χ3n) is 2.99. The molecule has 0 spiro atoms. The van der Waals surface area contributed by atoms with Crippen molar-refractivity contribution in [2.24, 2.45) is 0 Å². The minimum absolute atomic E-state index is 0.227. The highest BCUT2D eigenvalue weighted by atomic mass is 35.5. The van der Waals surface area contributed by atoms with Gasteiger partial charge in [0.15, 0.2) is 0 Å². The van der Waals surface area contributed by atoms with Crippen LogP contribution in [-0.4, -0.2) is 5.97 Å². The Labute approximate surface area is 135 Å². The predicted molar refractivity (Wildman–Crippen MR) is 87.4 cm³/mol. The number of hydrogen-bond acceptors (Lipinski definition) is 3. The summed E-state index contributed by atoms with van der Waals surface area (Å²) in [6.07, 6.45) is 0. The average Bonchev–Trinajstić information content (AvgIpc) is 2.82. The third kappa shape index (κ3) is 3.05. The van der Waals surface area contributed by atoms with Gasteiger partial charge in [-0.3, -0.25) is 0 Å². The van der Waals surface area contributed by atoms with E-state index in [2.05, 4.69) is 0 Å². The minimum atomic E-state index is -0.416. The molecular weight excluding hydrogens is 327 g/mol. The van der Waals surface area contributed by atoms with Crippen molar-refractivity contribution in [3.05, 3.63) is 69.0 Å². The van der Waals surface area contributed by atoms with E-state index in [4.69, 9.17) is 27.9 Å². The summed E-state index contributed by atoms with van der Waals surface area (Å²) in [5.74, 6) is -0.416. The van der Waals surface area contributed by atoms with E-state index in [-0.39, 0.29) is 6.61 Å². The molecule has 0 aliphatic carbocycles. The zero-order valence-electron chi connectivity index (χ0n) is 10.8. The van der Waals surface area contributed by atoms with Crippen LogP contribution in [-0.2, 0) is 11.3 Å². The summed E-state index contributed by atoms with van der Waals surface area (Å²) in [7, 11) is 0. The van der Waals surface area contributed by atoms with Crippen molar-refractivity contribution in [3.8, 4) is 0 Å². The van der Waals surface area contributed by atoms with E-state index in [1.807, 2.05) is 36.4 Å². The molecule has 1 heterocycles. The van der Waals surface area contributed by atoms with Crippen molar-refractivity contribution in [3.63, 3.8) is 0 Å². The van der Waals surface area contributed by atoms with E-state index < -0.39 is 5.97 Å². The number of fused-ring (bicyclic) bond motifs is 1. The van der Waals surface area contributed by atoms with Crippen molar-refractivity contribution in [2.75, 3.05) is 0 Å². The van der Waals surface area contributed by atoms with Gasteiger partial charge in [0.1, 0.15) is 11.5 Å². The van der Waals surface area contributed by atoms with Gasteiger partial charge in [-0.1, -0.05) is 59.6 Å². The first-order valence-electron chi connectivity index (χ1n) is 6.24. The zero-order chi connectivity index (χ0) is 14.8. The van der Waals surface area contributed by atoms with Crippen LogP contribution in [0, 0.1) is 0 Å². The maximum absolute atomic E-state index is 12.2. The minimum Gasteiger partial charge on any atom is -0.457 e. The molecule has 3 aromatic rings. The molecule has 0 unspecified atom stereocenters. The highest BCUT2D eigenvalue weighted by Crippen LogP contribution is 2.37. The van der Waals surface area contributed by atoms with Gasteiger partial charge < -0.3 is 4.74 Å². The molecule has 0 fully saturated rings. The van der Waals surface area contributed by atoms with Gasteiger partial charge in [0.2, 0.25) is 0 Å². The number of halogens is 2. The summed E-state index contributed by atoms with van der Waals surface area (Å²) in [5.41, 5.74) is 0.936. The number of ether oxygens (including phenoxy) is 1. The third-order valence-corrected chi connectivity index (χ3v) is 4.86. The molecule has 0 aliphatic rings. The SMILES string of the molecule is O=C(OCc1ccccc1)c1sc2cc(Cl)ccc2c1Cl. The van der Waals surface area contributed by atoms with Crippen LogP contribution in [0.4, 0.5) is 0 Å². The number of esters is 1. The fraction of sp³-hybridized carbons (Fsp3) is 0.0625. The topological polar surface area (TPSA) is 26.3 Å². The van der Waals surface area contributed by atoms with E-state index in [0.29, 0.717) is 14.9 Å². The summed E-state index contributed by atoms with van der Waals surface area (Å²) in [5, 5.41) is 1.85. The Morgan fingerprint density at radius 2 is 1.86 bits per heavy atom. The maximum Gasteiger partial charge on any atom is 0.350 e. The second kappa shape index (κ2) is 6.06. The molecule has 0 atom stereocenters. The molecule has 3 rings (SSSR count). The van der Waals surface area contributed by atoms with Crippen LogP contribution in [0.25, 0.3) is 10.1 Å². The molecule has 0 N–H and O–H groups in total. The Bertz CT molecular complexity index is 797. The van der Waals surface area contributed by atoms with Gasteiger partial charge in [-0.05, 0) is 17.7 Å². The van der Waals surface area contributed by atoms with Gasteiger partial charge in [-0.15, -0.1) is 11.3 Å². The van der Waals surface area contributed by atoms with Crippen molar-refractivity contribution in [2.45, 2.75) is 6.61 Å². The standard InChI is InChI=1S/C16H10Cl2O2S/c17-11-6-7-12-13(8-11)21-15(14(12)18)16(19)20-9-10-4-2-1-3-5-10/h1-8H,9H2. The largest absolute Gasteiger partial charge is 0.457 e. The molecule has 0 amide bonds. The summed E-state index contributed by atoms with van der Waals surface area (Å²) >= 11 is 13.5. The van der Waals surface area contributed by atoms with Crippen LogP contribution in [0.2, 0.25) is 10.0 Å². The first-order valence-corrected chi connectivity index (χ1v) is 7.81. The van der Waals surface area contributed by atoms with Gasteiger partial charge in [0, 0.05) is 15.1 Å². The van der Waals surface area contributed by atoms with Crippen LogP contribution in [0.3, 0.4) is 0 Å². The Morgan fingerprint density at radius 3 is 2.62 bits per heavy atom. The fourth-order valence-corrected chi connectivity index (χ4v) is 3.64. The highest BCUT2D eigenvalue weighted by molar-refractivity contribution is 7.21. The summed E-state index contributed by atoms with van der Waals surface area (Å²) in [4.78, 5) is 12.6. The average molecular weight is 337 g/mol.